The van der Waals surface area contributed by atoms with Crippen LogP contribution >= 0.6 is 0 Å². The SMILES string of the molecule is CC(C)c1nc2cc(NC(=O)CCn3cnnn3)ccc2n1C. The summed E-state index contributed by atoms with van der Waals surface area (Å²) >= 11 is 0. The van der Waals surface area contributed by atoms with E-state index in [1.54, 1.807) is 0 Å². The van der Waals surface area contributed by atoms with Crippen molar-refractivity contribution in [2.75, 3.05) is 5.32 Å². The molecule has 23 heavy (non-hydrogen) atoms. The third kappa shape index (κ3) is 3.20. The monoisotopic (exact) mass is 313 g/mol. The topological polar surface area (TPSA) is 90.5 Å². The number of aromatic nitrogens is 6. The van der Waals surface area contributed by atoms with Crippen LogP contribution in [-0.4, -0.2) is 35.7 Å². The molecule has 3 rings (SSSR count). The van der Waals surface area contributed by atoms with E-state index in [1.807, 2.05) is 25.2 Å². The molecule has 3 aromatic rings. The second-order valence-corrected chi connectivity index (χ2v) is 5.76. The maximum atomic E-state index is 12.0. The quantitative estimate of drug-likeness (QED) is 0.774. The summed E-state index contributed by atoms with van der Waals surface area (Å²) in [7, 11) is 2.01. The van der Waals surface area contributed by atoms with E-state index in [-0.39, 0.29) is 5.91 Å². The minimum Gasteiger partial charge on any atom is -0.331 e. The molecule has 1 N–H and O–H groups in total. The van der Waals surface area contributed by atoms with E-state index >= 15 is 0 Å². The first-order chi connectivity index (χ1) is 11.0. The summed E-state index contributed by atoms with van der Waals surface area (Å²) in [5.74, 6) is 1.30. The lowest BCUT2D eigenvalue weighted by molar-refractivity contribution is -0.116. The van der Waals surface area contributed by atoms with Gasteiger partial charge in [0, 0.05) is 25.1 Å². The first-order valence-electron chi connectivity index (χ1n) is 7.51. The average Bonchev–Trinajstić information content (AvgIpc) is 3.13. The van der Waals surface area contributed by atoms with Gasteiger partial charge < -0.3 is 9.88 Å². The molecule has 0 unspecified atom stereocenters. The van der Waals surface area contributed by atoms with Crippen LogP contribution in [0, 0.1) is 0 Å². The number of rotatable bonds is 5. The highest BCUT2D eigenvalue weighted by Gasteiger charge is 2.12. The number of fused-ring (bicyclic) bond motifs is 1. The Morgan fingerprint density at radius 3 is 2.87 bits per heavy atom. The molecule has 0 fully saturated rings. The number of benzene rings is 1. The molecule has 0 saturated carbocycles. The van der Waals surface area contributed by atoms with Crippen LogP contribution in [0.2, 0.25) is 0 Å². The lowest BCUT2D eigenvalue weighted by atomic mass is 10.2. The Morgan fingerprint density at radius 2 is 2.17 bits per heavy atom. The number of carbonyl (C=O) groups is 1. The van der Waals surface area contributed by atoms with E-state index in [0.717, 1.165) is 22.5 Å². The number of hydrogen-bond acceptors (Lipinski definition) is 5. The summed E-state index contributed by atoms with van der Waals surface area (Å²) in [4.78, 5) is 16.7. The maximum Gasteiger partial charge on any atom is 0.226 e. The number of hydrogen-bond donors (Lipinski definition) is 1. The van der Waals surface area contributed by atoms with E-state index in [4.69, 9.17) is 0 Å². The summed E-state index contributed by atoms with van der Waals surface area (Å²) in [6.07, 6.45) is 1.79. The highest BCUT2D eigenvalue weighted by Crippen LogP contribution is 2.23. The van der Waals surface area contributed by atoms with Crippen molar-refractivity contribution in [1.29, 1.82) is 0 Å². The Labute approximate surface area is 133 Å². The highest BCUT2D eigenvalue weighted by atomic mass is 16.1. The molecule has 0 atom stereocenters. The van der Waals surface area contributed by atoms with Crippen molar-refractivity contribution in [3.63, 3.8) is 0 Å². The number of nitrogens with one attached hydrogen (secondary N) is 1. The van der Waals surface area contributed by atoms with Crippen LogP contribution in [0.4, 0.5) is 5.69 Å². The highest BCUT2D eigenvalue weighted by molar-refractivity contribution is 5.93. The van der Waals surface area contributed by atoms with Gasteiger partial charge in [-0.2, -0.15) is 0 Å². The van der Waals surface area contributed by atoms with Gasteiger partial charge in [0.05, 0.1) is 17.6 Å². The summed E-state index contributed by atoms with van der Waals surface area (Å²) in [5, 5.41) is 13.7. The Hall–Kier alpha value is -2.77. The summed E-state index contributed by atoms with van der Waals surface area (Å²) in [5.41, 5.74) is 2.68. The number of aryl methyl sites for hydroxylation is 2. The normalized spacial score (nSPS) is 11.3. The van der Waals surface area contributed by atoms with Gasteiger partial charge in [-0.3, -0.25) is 4.79 Å². The van der Waals surface area contributed by atoms with Gasteiger partial charge in [-0.05, 0) is 28.6 Å². The van der Waals surface area contributed by atoms with Crippen LogP contribution in [0.3, 0.4) is 0 Å². The lowest BCUT2D eigenvalue weighted by Crippen LogP contribution is -2.14. The van der Waals surface area contributed by atoms with Crippen molar-refractivity contribution < 1.29 is 4.79 Å². The molecule has 120 valence electrons. The minimum absolute atomic E-state index is 0.0835. The number of carbonyl (C=O) groups excluding carboxylic acids is 1. The third-order valence-electron chi connectivity index (χ3n) is 3.67. The molecule has 1 amide bonds. The molecule has 8 heteroatoms. The fourth-order valence-electron chi connectivity index (χ4n) is 2.53. The van der Waals surface area contributed by atoms with Crippen LogP contribution < -0.4 is 5.32 Å². The Balaban J connectivity index is 1.71. The number of tetrazole rings is 1. The van der Waals surface area contributed by atoms with Crippen LogP contribution in [0.25, 0.3) is 11.0 Å². The smallest absolute Gasteiger partial charge is 0.226 e. The molecule has 0 aliphatic rings. The summed E-state index contributed by atoms with van der Waals surface area (Å²) in [6.45, 7) is 4.67. The fraction of sp³-hybridized carbons (Fsp3) is 0.400. The minimum atomic E-state index is -0.0835. The van der Waals surface area contributed by atoms with E-state index in [2.05, 4.69) is 44.2 Å². The first-order valence-corrected chi connectivity index (χ1v) is 7.51. The largest absolute Gasteiger partial charge is 0.331 e. The average molecular weight is 313 g/mol. The zero-order chi connectivity index (χ0) is 16.4. The predicted octanol–water partition coefficient (Wildman–Crippen LogP) is 1.71. The standard InChI is InChI=1S/C15H19N7O/c1-10(2)15-18-12-8-11(4-5-13(12)21(15)3)17-14(23)6-7-22-9-16-19-20-22/h4-5,8-10H,6-7H2,1-3H3,(H,17,23). The van der Waals surface area contributed by atoms with E-state index in [9.17, 15) is 4.79 Å². The van der Waals surface area contributed by atoms with Gasteiger partial charge in [-0.15, -0.1) is 5.10 Å². The zero-order valence-electron chi connectivity index (χ0n) is 13.4. The van der Waals surface area contributed by atoms with Crippen molar-refractivity contribution in [2.45, 2.75) is 32.7 Å². The Morgan fingerprint density at radius 1 is 1.35 bits per heavy atom. The molecule has 0 radical (unpaired) electrons. The number of amides is 1. The zero-order valence-corrected chi connectivity index (χ0v) is 13.4. The predicted molar refractivity (Wildman–Crippen MR) is 85.9 cm³/mol. The van der Waals surface area contributed by atoms with Crippen molar-refractivity contribution in [3.8, 4) is 0 Å². The maximum absolute atomic E-state index is 12.0. The number of anilines is 1. The summed E-state index contributed by atoms with van der Waals surface area (Å²) < 4.78 is 3.61. The molecular formula is C15H19N7O. The van der Waals surface area contributed by atoms with Gasteiger partial charge in [0.25, 0.3) is 0 Å². The van der Waals surface area contributed by atoms with Gasteiger partial charge in [0.2, 0.25) is 5.91 Å². The Bertz CT molecular complexity index is 820. The van der Waals surface area contributed by atoms with E-state index in [0.29, 0.717) is 18.9 Å². The molecule has 0 spiro atoms. The van der Waals surface area contributed by atoms with Gasteiger partial charge in [0.1, 0.15) is 12.2 Å². The second kappa shape index (κ2) is 6.15. The van der Waals surface area contributed by atoms with Crippen LogP contribution in [0.15, 0.2) is 24.5 Å². The van der Waals surface area contributed by atoms with Crippen molar-refractivity contribution in [1.82, 2.24) is 29.8 Å². The number of imidazole rings is 1. The number of nitrogens with zero attached hydrogens (tertiary/aromatic N) is 6. The first kappa shape index (κ1) is 15.1. The second-order valence-electron chi connectivity index (χ2n) is 5.76. The van der Waals surface area contributed by atoms with E-state index < -0.39 is 0 Å². The van der Waals surface area contributed by atoms with Gasteiger partial charge in [-0.25, -0.2) is 9.67 Å². The van der Waals surface area contributed by atoms with Gasteiger partial charge in [-0.1, -0.05) is 13.8 Å². The molecule has 2 aromatic heterocycles. The molecule has 2 heterocycles. The van der Waals surface area contributed by atoms with Crippen molar-refractivity contribution in [3.05, 3.63) is 30.4 Å². The molecule has 1 aromatic carbocycles. The van der Waals surface area contributed by atoms with E-state index in [1.165, 1.54) is 11.0 Å². The molecule has 0 aliphatic carbocycles. The Kier molecular flexibility index (Phi) is 4.05. The van der Waals surface area contributed by atoms with Crippen molar-refractivity contribution >= 4 is 22.6 Å². The molecular weight excluding hydrogens is 294 g/mol. The lowest BCUT2D eigenvalue weighted by Gasteiger charge is -2.06. The molecule has 0 aliphatic heterocycles. The molecule has 8 nitrogen and oxygen atoms in total. The van der Waals surface area contributed by atoms with Crippen molar-refractivity contribution in [2.24, 2.45) is 7.05 Å². The van der Waals surface area contributed by atoms with Gasteiger partial charge in [0.15, 0.2) is 0 Å². The van der Waals surface area contributed by atoms with Crippen LogP contribution in [0.5, 0.6) is 0 Å². The third-order valence-corrected chi connectivity index (χ3v) is 3.67. The van der Waals surface area contributed by atoms with Gasteiger partial charge >= 0.3 is 0 Å². The molecule has 0 saturated heterocycles. The summed E-state index contributed by atoms with van der Waals surface area (Å²) in [6, 6.07) is 5.77. The molecule has 0 bridgehead atoms. The fourth-order valence-corrected chi connectivity index (χ4v) is 2.53. The van der Waals surface area contributed by atoms with Crippen LogP contribution in [-0.2, 0) is 18.4 Å². The van der Waals surface area contributed by atoms with Crippen LogP contribution in [0.1, 0.15) is 32.0 Å².